The number of hydrogen-bond acceptors (Lipinski definition) is 7. The summed E-state index contributed by atoms with van der Waals surface area (Å²) in [6, 6.07) is 10.9. The molecule has 192 valence electrons. The van der Waals surface area contributed by atoms with Crippen molar-refractivity contribution in [3.63, 3.8) is 0 Å². The maximum absolute atomic E-state index is 13.6. The molecule has 4 rings (SSSR count). The molecule has 2 aliphatic rings. The van der Waals surface area contributed by atoms with E-state index in [1.165, 1.54) is 0 Å². The lowest BCUT2D eigenvalue weighted by atomic mass is 9.97. The maximum Gasteiger partial charge on any atom is 0.451 e. The van der Waals surface area contributed by atoms with Crippen molar-refractivity contribution in [2.45, 2.75) is 25.4 Å². The molecule has 3 heterocycles. The Morgan fingerprint density at radius 3 is 2.39 bits per heavy atom. The molecule has 1 atom stereocenters. The number of piperazine rings is 1. The minimum absolute atomic E-state index is 0.113. The summed E-state index contributed by atoms with van der Waals surface area (Å²) in [7, 11) is 1.98. The first-order valence-corrected chi connectivity index (χ1v) is 12.1. The first kappa shape index (κ1) is 25.7. The minimum atomic E-state index is -4.66. The van der Waals surface area contributed by atoms with Crippen LogP contribution in [0, 0.1) is 17.2 Å². The second-order valence-corrected chi connectivity index (χ2v) is 9.33. The first-order chi connectivity index (χ1) is 17.2. The Morgan fingerprint density at radius 1 is 1.08 bits per heavy atom. The van der Waals surface area contributed by atoms with Gasteiger partial charge in [0.2, 0.25) is 11.7 Å². The monoisotopic (exact) mass is 501 g/mol. The largest absolute Gasteiger partial charge is 0.451 e. The van der Waals surface area contributed by atoms with Crippen molar-refractivity contribution >= 4 is 17.5 Å². The fourth-order valence-corrected chi connectivity index (χ4v) is 4.53. The van der Waals surface area contributed by atoms with Gasteiger partial charge in [0.05, 0.1) is 17.6 Å². The van der Waals surface area contributed by atoms with Crippen LogP contribution in [-0.2, 0) is 17.4 Å². The molecule has 1 N–H and O–H groups in total. The summed E-state index contributed by atoms with van der Waals surface area (Å²) in [6.07, 6.45) is -2.68. The molecule has 2 aliphatic heterocycles. The van der Waals surface area contributed by atoms with Crippen LogP contribution in [0.4, 0.5) is 24.8 Å². The third-order valence-electron chi connectivity index (χ3n) is 6.69. The number of alkyl halides is 3. The standard InChI is InChI=1S/C25H30F3N7O/c1-33-11-13-34(14-12-33)21-15-22(32-24(31-21)25(26,27)28)35-10-2-3-20(17-35)23(36)30-9-8-18-4-6-19(16-29)7-5-18/h4-7,15,20H,2-3,8-14,17H2,1H3,(H,30,36). The van der Waals surface area contributed by atoms with Crippen LogP contribution in [0.3, 0.4) is 0 Å². The number of benzene rings is 1. The van der Waals surface area contributed by atoms with E-state index in [9.17, 15) is 18.0 Å². The molecule has 36 heavy (non-hydrogen) atoms. The number of rotatable bonds is 6. The predicted octanol–water partition coefficient (Wildman–Crippen LogP) is 2.69. The van der Waals surface area contributed by atoms with Crippen molar-refractivity contribution in [3.8, 4) is 6.07 Å². The van der Waals surface area contributed by atoms with Crippen molar-refractivity contribution in [2.24, 2.45) is 5.92 Å². The fraction of sp³-hybridized carbons (Fsp3) is 0.520. The second kappa shape index (κ2) is 11.1. The van der Waals surface area contributed by atoms with Crippen LogP contribution in [0.15, 0.2) is 30.3 Å². The fourth-order valence-electron chi connectivity index (χ4n) is 4.53. The molecule has 0 radical (unpaired) electrons. The van der Waals surface area contributed by atoms with E-state index >= 15 is 0 Å². The van der Waals surface area contributed by atoms with Gasteiger partial charge in [0.1, 0.15) is 11.6 Å². The summed E-state index contributed by atoms with van der Waals surface area (Å²) >= 11 is 0. The van der Waals surface area contributed by atoms with Crippen LogP contribution in [-0.4, -0.2) is 73.6 Å². The lowest BCUT2D eigenvalue weighted by molar-refractivity contribution is -0.144. The number of nitrogens with one attached hydrogen (secondary N) is 1. The summed E-state index contributed by atoms with van der Waals surface area (Å²) in [5.41, 5.74) is 1.59. The van der Waals surface area contributed by atoms with Crippen molar-refractivity contribution in [1.82, 2.24) is 20.2 Å². The quantitative estimate of drug-likeness (QED) is 0.651. The highest BCUT2D eigenvalue weighted by Gasteiger charge is 2.37. The molecule has 11 heteroatoms. The number of aromatic nitrogens is 2. The van der Waals surface area contributed by atoms with Gasteiger partial charge in [-0.05, 0) is 44.0 Å². The Hall–Kier alpha value is -3.39. The Bertz CT molecular complexity index is 1090. The van der Waals surface area contributed by atoms with Gasteiger partial charge in [0, 0.05) is 51.9 Å². The van der Waals surface area contributed by atoms with Gasteiger partial charge in [-0.2, -0.15) is 18.4 Å². The van der Waals surface area contributed by atoms with Gasteiger partial charge in [-0.25, -0.2) is 9.97 Å². The number of nitriles is 1. The molecule has 1 aromatic heterocycles. The Labute approximate surface area is 208 Å². The summed E-state index contributed by atoms with van der Waals surface area (Å²) in [5.74, 6) is -1.12. The third-order valence-corrected chi connectivity index (χ3v) is 6.69. The van der Waals surface area contributed by atoms with Gasteiger partial charge in [0.25, 0.3) is 0 Å². The van der Waals surface area contributed by atoms with Crippen LogP contribution in [0.2, 0.25) is 0 Å². The Kier molecular flexibility index (Phi) is 7.94. The number of anilines is 2. The molecule has 1 amide bonds. The number of carbonyl (C=O) groups excluding carboxylic acids is 1. The molecule has 2 fully saturated rings. The SMILES string of the molecule is CN1CCN(c2cc(N3CCCC(C(=O)NCCc4ccc(C#N)cc4)C3)nc(C(F)(F)F)n2)CC1. The summed E-state index contributed by atoms with van der Waals surface area (Å²) in [6.45, 7) is 3.96. The van der Waals surface area contributed by atoms with Crippen LogP contribution in [0.1, 0.15) is 29.8 Å². The topological polar surface area (TPSA) is 88.4 Å². The molecule has 1 unspecified atom stereocenters. The van der Waals surface area contributed by atoms with Gasteiger partial charge in [-0.1, -0.05) is 12.1 Å². The highest BCUT2D eigenvalue weighted by molar-refractivity contribution is 5.79. The average Bonchev–Trinajstić information content (AvgIpc) is 2.89. The van der Waals surface area contributed by atoms with Crippen molar-refractivity contribution in [2.75, 3.05) is 62.7 Å². The molecule has 8 nitrogen and oxygen atoms in total. The highest BCUT2D eigenvalue weighted by atomic mass is 19.4. The van der Waals surface area contributed by atoms with Crippen LogP contribution in [0.25, 0.3) is 0 Å². The normalized spacial score (nSPS) is 19.1. The minimum Gasteiger partial charge on any atom is -0.356 e. The zero-order chi connectivity index (χ0) is 25.7. The third kappa shape index (κ3) is 6.43. The predicted molar refractivity (Wildman–Crippen MR) is 130 cm³/mol. The molecule has 0 bridgehead atoms. The van der Waals surface area contributed by atoms with Crippen LogP contribution >= 0.6 is 0 Å². The van der Waals surface area contributed by atoms with Crippen molar-refractivity contribution in [1.29, 1.82) is 5.26 Å². The Balaban J connectivity index is 1.42. The number of likely N-dealkylation sites (N-methyl/N-ethyl adjacent to an activating group) is 1. The molecule has 2 aromatic rings. The maximum atomic E-state index is 13.6. The van der Waals surface area contributed by atoms with Crippen LogP contribution < -0.4 is 15.1 Å². The zero-order valence-corrected chi connectivity index (χ0v) is 20.3. The van der Waals surface area contributed by atoms with E-state index in [2.05, 4.69) is 26.3 Å². The van der Waals surface area contributed by atoms with E-state index in [-0.39, 0.29) is 23.5 Å². The van der Waals surface area contributed by atoms with Gasteiger partial charge >= 0.3 is 6.18 Å². The number of piperidine rings is 1. The Morgan fingerprint density at radius 2 is 1.75 bits per heavy atom. The number of amides is 1. The van der Waals surface area contributed by atoms with E-state index in [0.717, 1.165) is 18.7 Å². The van der Waals surface area contributed by atoms with Crippen molar-refractivity contribution in [3.05, 3.63) is 47.3 Å². The summed E-state index contributed by atoms with van der Waals surface area (Å²) in [5, 5.41) is 11.8. The van der Waals surface area contributed by atoms with E-state index in [0.29, 0.717) is 57.5 Å². The van der Waals surface area contributed by atoms with Crippen LogP contribution in [0.5, 0.6) is 0 Å². The van der Waals surface area contributed by atoms with Gasteiger partial charge < -0.3 is 20.0 Å². The molecular weight excluding hydrogens is 471 g/mol. The lowest BCUT2D eigenvalue weighted by Crippen LogP contribution is -2.45. The van der Waals surface area contributed by atoms with E-state index < -0.39 is 12.0 Å². The summed E-state index contributed by atoms with van der Waals surface area (Å²) in [4.78, 5) is 26.3. The molecule has 1 aromatic carbocycles. The van der Waals surface area contributed by atoms with Gasteiger partial charge in [-0.3, -0.25) is 4.79 Å². The first-order valence-electron chi connectivity index (χ1n) is 12.1. The number of halogens is 3. The molecule has 0 saturated carbocycles. The van der Waals surface area contributed by atoms with E-state index in [1.54, 1.807) is 23.1 Å². The average molecular weight is 502 g/mol. The molecule has 0 aliphatic carbocycles. The number of nitrogens with zero attached hydrogens (tertiary/aromatic N) is 6. The van der Waals surface area contributed by atoms with Crippen molar-refractivity contribution < 1.29 is 18.0 Å². The lowest BCUT2D eigenvalue weighted by Gasteiger charge is -2.35. The summed E-state index contributed by atoms with van der Waals surface area (Å²) < 4.78 is 40.9. The van der Waals surface area contributed by atoms with E-state index in [1.807, 2.05) is 24.1 Å². The number of carbonyl (C=O) groups is 1. The molecule has 2 saturated heterocycles. The smallest absolute Gasteiger partial charge is 0.356 e. The number of hydrogen-bond donors (Lipinski definition) is 1. The van der Waals surface area contributed by atoms with Gasteiger partial charge in [-0.15, -0.1) is 0 Å². The van der Waals surface area contributed by atoms with E-state index in [4.69, 9.17) is 5.26 Å². The second-order valence-electron chi connectivity index (χ2n) is 9.33. The van der Waals surface area contributed by atoms with Gasteiger partial charge in [0.15, 0.2) is 0 Å². The molecule has 0 spiro atoms. The highest BCUT2D eigenvalue weighted by Crippen LogP contribution is 2.32. The zero-order valence-electron chi connectivity index (χ0n) is 20.3. The molecular formula is C25H30F3N7O.